The van der Waals surface area contributed by atoms with E-state index in [2.05, 4.69) is 10.6 Å². The van der Waals surface area contributed by atoms with Crippen LogP contribution in [0.15, 0.2) is 0 Å². The smallest absolute Gasteiger partial charge is 0.364 e. The third-order valence-electron chi connectivity index (χ3n) is 9.47. The van der Waals surface area contributed by atoms with Gasteiger partial charge in [-0.2, -0.15) is 0 Å². The summed E-state index contributed by atoms with van der Waals surface area (Å²) in [6, 6.07) is -3.42. The standard InChI is InChI=1S/C31H50N2O22/c1-10(37)4-16-22(44)27(23(45)17(8-35)51-16)55-31(29(49)50)6-14(41)20(33-12(3)39)26(54-31)24(46)18(9-36)52-30(28(47)48)5-13(40)19(32-11(2)38)25(53-30)21(43)15(42)7-34/h13-27,34-36,40-46H,4-9H2,1-3H3,(H,32,38)(H,33,39)(H,47,48)(H,49,50)/t13-,14-,15-,16+,17?,18-,19-,20-,21-,22?,23+,24-,25?,26?,27-,30-,31+/m1/s1. The molecule has 0 radical (unpaired) electrons. The number of nitrogens with one attached hydrogen (secondary N) is 2. The molecule has 2 amide bonds. The molecule has 0 aromatic carbocycles. The summed E-state index contributed by atoms with van der Waals surface area (Å²) in [4.78, 5) is 61.6. The first-order valence-corrected chi connectivity index (χ1v) is 17.0. The molecule has 55 heavy (non-hydrogen) atoms. The molecule has 17 atom stereocenters. The molecule has 4 unspecified atom stereocenters. The number of rotatable bonds is 17. The van der Waals surface area contributed by atoms with E-state index in [1.807, 2.05) is 0 Å². The second-order valence-corrected chi connectivity index (χ2v) is 13.7. The van der Waals surface area contributed by atoms with E-state index in [0.29, 0.717) is 0 Å². The van der Waals surface area contributed by atoms with Crippen molar-refractivity contribution in [2.75, 3.05) is 19.8 Å². The van der Waals surface area contributed by atoms with E-state index >= 15 is 0 Å². The van der Waals surface area contributed by atoms with Crippen molar-refractivity contribution in [1.29, 1.82) is 0 Å². The van der Waals surface area contributed by atoms with Crippen LogP contribution in [0, 0.1) is 0 Å². The van der Waals surface area contributed by atoms with Crippen molar-refractivity contribution in [3.63, 3.8) is 0 Å². The SMILES string of the molecule is CC(=O)C[C@@H]1OC(CO)[C@H](O)[C@H](O[C@]2(C(=O)O)C[C@@H](O)[C@@H](NC(C)=O)C([C@H](O)[C@@H](CO)O[C@]3(C(=O)O)C[C@@H](O)[C@@H](NC(C)=O)C([C@H](O)[C@H](O)CO)O3)O2)C1O. The maximum absolute atomic E-state index is 12.9. The molecule has 3 aliphatic rings. The van der Waals surface area contributed by atoms with Gasteiger partial charge in [-0.3, -0.25) is 14.4 Å². The lowest BCUT2D eigenvalue weighted by atomic mass is 9.86. The molecule has 24 nitrogen and oxygen atoms in total. The second kappa shape index (κ2) is 18.9. The lowest BCUT2D eigenvalue weighted by Gasteiger charge is -2.51. The van der Waals surface area contributed by atoms with Crippen molar-refractivity contribution < 1.29 is 109 Å². The average molecular weight is 803 g/mol. The number of hydrogen-bond donors (Lipinski definition) is 14. The van der Waals surface area contributed by atoms with Crippen LogP contribution >= 0.6 is 0 Å². The van der Waals surface area contributed by atoms with Crippen LogP contribution in [0.25, 0.3) is 0 Å². The number of ether oxygens (including phenoxy) is 5. The zero-order chi connectivity index (χ0) is 41.7. The van der Waals surface area contributed by atoms with E-state index in [1.54, 1.807) is 0 Å². The topological polar surface area (TPSA) is 398 Å². The van der Waals surface area contributed by atoms with Crippen LogP contribution in [0.3, 0.4) is 0 Å². The molecule has 3 saturated heterocycles. The Labute approximate surface area is 312 Å². The first-order chi connectivity index (χ1) is 25.6. The first-order valence-electron chi connectivity index (χ1n) is 17.0. The van der Waals surface area contributed by atoms with Gasteiger partial charge in [-0.05, 0) is 6.92 Å². The van der Waals surface area contributed by atoms with Gasteiger partial charge in [0.15, 0.2) is 0 Å². The molecule has 0 spiro atoms. The molecular weight excluding hydrogens is 752 g/mol. The normalized spacial score (nSPS) is 38.9. The van der Waals surface area contributed by atoms with Gasteiger partial charge >= 0.3 is 11.9 Å². The molecule has 0 aromatic heterocycles. The molecule has 316 valence electrons. The summed E-state index contributed by atoms with van der Waals surface area (Å²) in [6.45, 7) is -0.300. The molecule has 0 saturated carbocycles. The number of aliphatic carboxylic acids is 2. The van der Waals surface area contributed by atoms with Gasteiger partial charge < -0.3 is 95.6 Å². The lowest BCUT2D eigenvalue weighted by molar-refractivity contribution is -0.362. The summed E-state index contributed by atoms with van der Waals surface area (Å²) >= 11 is 0. The van der Waals surface area contributed by atoms with E-state index in [4.69, 9.17) is 23.7 Å². The van der Waals surface area contributed by atoms with Gasteiger partial charge in [0.1, 0.15) is 66.8 Å². The van der Waals surface area contributed by atoms with Crippen molar-refractivity contribution >= 4 is 29.5 Å². The predicted octanol–water partition coefficient (Wildman–Crippen LogP) is -7.84. The fraction of sp³-hybridized carbons (Fsp3) is 0.839. The number of aliphatic hydroxyl groups is 10. The van der Waals surface area contributed by atoms with Crippen molar-refractivity contribution in [3.8, 4) is 0 Å². The van der Waals surface area contributed by atoms with Gasteiger partial charge in [0.25, 0.3) is 11.6 Å². The van der Waals surface area contributed by atoms with E-state index in [0.717, 1.165) is 20.8 Å². The molecule has 0 aliphatic carbocycles. The minimum atomic E-state index is -3.16. The van der Waals surface area contributed by atoms with E-state index in [9.17, 15) is 85.3 Å². The van der Waals surface area contributed by atoms with Gasteiger partial charge in [-0.25, -0.2) is 9.59 Å². The summed E-state index contributed by atoms with van der Waals surface area (Å²) in [7, 11) is 0. The minimum absolute atomic E-state index is 0.486. The second-order valence-electron chi connectivity index (χ2n) is 13.7. The Morgan fingerprint density at radius 2 is 1.20 bits per heavy atom. The molecule has 0 aromatic rings. The zero-order valence-electron chi connectivity index (χ0n) is 29.9. The molecule has 3 heterocycles. The predicted molar refractivity (Wildman–Crippen MR) is 172 cm³/mol. The van der Waals surface area contributed by atoms with Crippen molar-refractivity contribution in [2.24, 2.45) is 0 Å². The molecule has 3 aliphatic heterocycles. The maximum Gasteiger partial charge on any atom is 0.364 e. The Bertz CT molecular complexity index is 1370. The van der Waals surface area contributed by atoms with E-state index in [1.165, 1.54) is 0 Å². The first kappa shape index (κ1) is 46.3. The Morgan fingerprint density at radius 1 is 0.727 bits per heavy atom. The van der Waals surface area contributed by atoms with Gasteiger partial charge in [0.05, 0.1) is 50.2 Å². The molecule has 3 rings (SSSR count). The number of aliphatic hydroxyl groups excluding tert-OH is 10. The Hall–Kier alpha value is -3.05. The summed E-state index contributed by atoms with van der Waals surface area (Å²) in [5.74, 6) is -12.7. The van der Waals surface area contributed by atoms with Crippen LogP contribution < -0.4 is 10.6 Å². The van der Waals surface area contributed by atoms with Crippen molar-refractivity contribution in [2.45, 2.75) is 143 Å². The third-order valence-corrected chi connectivity index (χ3v) is 9.47. The molecule has 24 heteroatoms. The lowest BCUT2D eigenvalue weighted by Crippen LogP contribution is -2.71. The Kier molecular flexibility index (Phi) is 15.9. The molecule has 14 N–H and O–H groups in total. The van der Waals surface area contributed by atoms with Crippen LogP contribution in [0.5, 0.6) is 0 Å². The highest BCUT2D eigenvalue weighted by atomic mass is 16.8. The van der Waals surface area contributed by atoms with Gasteiger partial charge in [-0.1, -0.05) is 0 Å². The minimum Gasteiger partial charge on any atom is -0.477 e. The highest BCUT2D eigenvalue weighted by molar-refractivity contribution is 5.78. The van der Waals surface area contributed by atoms with Crippen LogP contribution in [0.4, 0.5) is 0 Å². The molecular formula is C31H50N2O22. The number of ketones is 1. The number of amides is 2. The number of carboxylic acids is 2. The number of Topliss-reactive ketones (excluding diaryl/α,β-unsaturated/α-hetero) is 1. The fourth-order valence-electron chi connectivity index (χ4n) is 6.81. The van der Waals surface area contributed by atoms with Crippen molar-refractivity contribution in [1.82, 2.24) is 10.6 Å². The fourth-order valence-corrected chi connectivity index (χ4v) is 6.81. The van der Waals surface area contributed by atoms with Crippen LogP contribution in [0.1, 0.15) is 40.0 Å². The van der Waals surface area contributed by atoms with E-state index in [-0.39, 0.29) is 0 Å². The highest BCUT2D eigenvalue weighted by Crippen LogP contribution is 2.40. The largest absolute Gasteiger partial charge is 0.477 e. The van der Waals surface area contributed by atoms with Gasteiger partial charge in [0, 0.05) is 33.1 Å². The van der Waals surface area contributed by atoms with Crippen LogP contribution in [-0.2, 0) is 47.7 Å². The van der Waals surface area contributed by atoms with Crippen LogP contribution in [-0.4, -0.2) is 214 Å². The van der Waals surface area contributed by atoms with Crippen molar-refractivity contribution in [3.05, 3.63) is 0 Å². The van der Waals surface area contributed by atoms with Gasteiger partial charge in [0.2, 0.25) is 11.8 Å². The molecule has 3 fully saturated rings. The number of carboxylic acid groups (broad SMARTS) is 2. The molecule has 0 bridgehead atoms. The average Bonchev–Trinajstić information content (AvgIpc) is 3.10. The summed E-state index contributed by atoms with van der Waals surface area (Å²) in [6.07, 6.45) is -29.0. The third kappa shape index (κ3) is 10.3. The summed E-state index contributed by atoms with van der Waals surface area (Å²) in [5.41, 5.74) is 0. The van der Waals surface area contributed by atoms with E-state index < -0.39 is 172 Å². The monoisotopic (exact) mass is 802 g/mol. The van der Waals surface area contributed by atoms with Gasteiger partial charge in [-0.15, -0.1) is 0 Å². The number of hydrogen-bond acceptors (Lipinski definition) is 20. The summed E-state index contributed by atoms with van der Waals surface area (Å²) in [5, 5.41) is 131. The quantitative estimate of drug-likeness (QED) is 0.0649. The zero-order valence-corrected chi connectivity index (χ0v) is 29.9. The number of carbonyl (C=O) groups excluding carboxylic acids is 3. The van der Waals surface area contributed by atoms with Crippen LogP contribution in [0.2, 0.25) is 0 Å². The highest BCUT2D eigenvalue weighted by Gasteiger charge is 2.61. The maximum atomic E-state index is 12.9. The number of carbonyl (C=O) groups is 5. The summed E-state index contributed by atoms with van der Waals surface area (Å²) < 4.78 is 27.8. The Balaban J connectivity index is 2.07. The Morgan fingerprint density at radius 3 is 1.64 bits per heavy atom.